The Morgan fingerprint density at radius 1 is 1.05 bits per heavy atom. The molecule has 0 saturated heterocycles. The molecular formula is C17H13BrN2O. The number of hydrogen-bond acceptors (Lipinski definition) is 2. The van der Waals surface area contributed by atoms with Crippen LogP contribution in [-0.4, -0.2) is 16.3 Å². The molecule has 2 aromatic carbocycles. The van der Waals surface area contributed by atoms with Gasteiger partial charge in [0.15, 0.2) is 0 Å². The van der Waals surface area contributed by atoms with Crippen LogP contribution in [0.2, 0.25) is 0 Å². The molecule has 0 saturated carbocycles. The Bertz CT molecular complexity index is 975. The molecule has 21 heavy (non-hydrogen) atoms. The Labute approximate surface area is 130 Å². The summed E-state index contributed by atoms with van der Waals surface area (Å²) < 4.78 is 2.90. The van der Waals surface area contributed by atoms with E-state index in [4.69, 9.17) is 9.82 Å². The third-order valence-corrected chi connectivity index (χ3v) is 4.45. The van der Waals surface area contributed by atoms with Gasteiger partial charge in [-0.15, -0.1) is 0 Å². The van der Waals surface area contributed by atoms with E-state index in [-0.39, 0.29) is 0 Å². The highest BCUT2D eigenvalue weighted by Gasteiger charge is 2.17. The van der Waals surface area contributed by atoms with Crippen LogP contribution in [0.3, 0.4) is 0 Å². The molecule has 4 rings (SSSR count). The number of hydrogen-bond donors (Lipinski definition) is 0. The summed E-state index contributed by atoms with van der Waals surface area (Å²) in [6.45, 7) is 2.59. The summed E-state index contributed by atoms with van der Waals surface area (Å²) in [6, 6.07) is 16.3. The van der Waals surface area contributed by atoms with Gasteiger partial charge in [0.05, 0.1) is 15.5 Å². The van der Waals surface area contributed by atoms with Crippen LogP contribution in [-0.2, 0) is 0 Å². The van der Waals surface area contributed by atoms with E-state index < -0.39 is 0 Å². The van der Waals surface area contributed by atoms with Crippen molar-refractivity contribution in [3.8, 4) is 0 Å². The monoisotopic (exact) mass is 340 g/mol. The van der Waals surface area contributed by atoms with Crippen molar-refractivity contribution in [2.75, 3.05) is 6.61 Å². The van der Waals surface area contributed by atoms with Gasteiger partial charge in [-0.1, -0.05) is 36.4 Å². The van der Waals surface area contributed by atoms with E-state index >= 15 is 0 Å². The van der Waals surface area contributed by atoms with Crippen molar-refractivity contribution >= 4 is 48.8 Å². The lowest BCUT2D eigenvalue weighted by Gasteiger charge is -2.09. The van der Waals surface area contributed by atoms with Gasteiger partial charge in [0.25, 0.3) is 0 Å². The second kappa shape index (κ2) is 4.74. The SMILES string of the molecule is CCOn1c2ccccc2c2nc3ccccc3c(Br)c21. The number of benzene rings is 2. The molecule has 4 aromatic rings. The van der Waals surface area contributed by atoms with Crippen molar-refractivity contribution in [3.63, 3.8) is 0 Å². The molecule has 0 aliphatic rings. The first kappa shape index (κ1) is 12.7. The molecular weight excluding hydrogens is 328 g/mol. The standard InChI is InChI=1S/C17H13BrN2O/c1-2-21-20-14-10-6-4-8-12(14)16-17(20)15(18)11-7-3-5-9-13(11)19-16/h3-10H,2H2,1H3. The van der Waals surface area contributed by atoms with Crippen molar-refractivity contribution in [2.24, 2.45) is 0 Å². The van der Waals surface area contributed by atoms with Crippen LogP contribution < -0.4 is 4.84 Å². The Morgan fingerprint density at radius 3 is 2.57 bits per heavy atom. The zero-order valence-electron chi connectivity index (χ0n) is 11.5. The summed E-state index contributed by atoms with van der Waals surface area (Å²) in [6.07, 6.45) is 0. The number of nitrogens with zero attached hydrogens (tertiary/aromatic N) is 2. The molecule has 4 heteroatoms. The smallest absolute Gasteiger partial charge is 0.121 e. The molecule has 3 nitrogen and oxygen atoms in total. The van der Waals surface area contributed by atoms with E-state index in [1.165, 1.54) is 0 Å². The lowest BCUT2D eigenvalue weighted by Crippen LogP contribution is -2.10. The van der Waals surface area contributed by atoms with Crippen molar-refractivity contribution in [1.82, 2.24) is 9.71 Å². The number of rotatable bonds is 2. The molecule has 0 radical (unpaired) electrons. The Morgan fingerprint density at radius 2 is 1.76 bits per heavy atom. The second-order valence-corrected chi connectivity index (χ2v) is 5.66. The first-order valence-electron chi connectivity index (χ1n) is 6.92. The summed E-state index contributed by atoms with van der Waals surface area (Å²) in [5.74, 6) is 0. The molecule has 0 bridgehead atoms. The minimum absolute atomic E-state index is 0.604. The van der Waals surface area contributed by atoms with E-state index in [2.05, 4.69) is 34.1 Å². The van der Waals surface area contributed by atoms with E-state index in [1.807, 2.05) is 42.0 Å². The zero-order valence-corrected chi connectivity index (χ0v) is 13.1. The second-order valence-electron chi connectivity index (χ2n) is 4.87. The fourth-order valence-corrected chi connectivity index (χ4v) is 3.45. The topological polar surface area (TPSA) is 27.1 Å². The third-order valence-electron chi connectivity index (χ3n) is 3.64. The van der Waals surface area contributed by atoms with Crippen LogP contribution in [0.1, 0.15) is 6.92 Å². The third kappa shape index (κ3) is 1.75. The van der Waals surface area contributed by atoms with Gasteiger partial charge in [-0.2, -0.15) is 4.73 Å². The summed E-state index contributed by atoms with van der Waals surface area (Å²) in [5.41, 5.74) is 3.97. The quantitative estimate of drug-likeness (QED) is 0.535. The molecule has 0 unspecified atom stereocenters. The highest BCUT2D eigenvalue weighted by molar-refractivity contribution is 9.10. The molecule has 0 N–H and O–H groups in total. The Balaban J connectivity index is 2.29. The van der Waals surface area contributed by atoms with E-state index in [1.54, 1.807) is 0 Å². The molecule has 0 fully saturated rings. The minimum atomic E-state index is 0.604. The van der Waals surface area contributed by atoms with Crippen LogP contribution >= 0.6 is 15.9 Å². The molecule has 104 valence electrons. The highest BCUT2D eigenvalue weighted by Crippen LogP contribution is 2.36. The number of para-hydroxylation sites is 2. The summed E-state index contributed by atoms with van der Waals surface area (Å²) >= 11 is 3.74. The average Bonchev–Trinajstić information content (AvgIpc) is 2.83. The molecule has 0 aliphatic heterocycles. The number of fused-ring (bicyclic) bond motifs is 4. The van der Waals surface area contributed by atoms with E-state index in [0.29, 0.717) is 6.61 Å². The number of aromatic nitrogens is 2. The maximum atomic E-state index is 5.85. The first-order chi connectivity index (χ1) is 10.3. The minimum Gasteiger partial charge on any atom is -0.413 e. The van der Waals surface area contributed by atoms with Crippen molar-refractivity contribution < 1.29 is 4.84 Å². The fourth-order valence-electron chi connectivity index (χ4n) is 2.77. The summed E-state index contributed by atoms with van der Waals surface area (Å²) in [7, 11) is 0. The van der Waals surface area contributed by atoms with Crippen LogP contribution in [0, 0.1) is 0 Å². The molecule has 0 atom stereocenters. The molecule has 2 aromatic heterocycles. The Hall–Kier alpha value is -2.07. The maximum absolute atomic E-state index is 5.85. The van der Waals surface area contributed by atoms with Gasteiger partial charge in [-0.05, 0) is 35.0 Å². The molecule has 2 heterocycles. The Kier molecular flexibility index (Phi) is 2.86. The summed E-state index contributed by atoms with van der Waals surface area (Å²) in [4.78, 5) is 10.7. The normalized spacial score (nSPS) is 11.5. The predicted octanol–water partition coefficient (Wildman–Crippen LogP) is 4.55. The molecule has 0 aliphatic carbocycles. The highest BCUT2D eigenvalue weighted by atomic mass is 79.9. The van der Waals surface area contributed by atoms with Crippen molar-refractivity contribution in [2.45, 2.75) is 6.92 Å². The van der Waals surface area contributed by atoms with Crippen LogP contribution in [0.4, 0.5) is 0 Å². The number of halogens is 1. The van der Waals surface area contributed by atoms with Crippen molar-refractivity contribution in [1.29, 1.82) is 0 Å². The molecule has 0 spiro atoms. The van der Waals surface area contributed by atoms with Gasteiger partial charge < -0.3 is 4.84 Å². The van der Waals surface area contributed by atoms with Crippen LogP contribution in [0.25, 0.3) is 32.8 Å². The van der Waals surface area contributed by atoms with Gasteiger partial charge in [-0.3, -0.25) is 0 Å². The first-order valence-corrected chi connectivity index (χ1v) is 7.71. The number of pyridine rings is 1. The van der Waals surface area contributed by atoms with Crippen molar-refractivity contribution in [3.05, 3.63) is 53.0 Å². The van der Waals surface area contributed by atoms with Gasteiger partial charge in [0, 0.05) is 10.8 Å². The van der Waals surface area contributed by atoms with Gasteiger partial charge in [0.1, 0.15) is 17.6 Å². The lowest BCUT2D eigenvalue weighted by atomic mass is 10.2. The maximum Gasteiger partial charge on any atom is 0.121 e. The molecule has 0 amide bonds. The fraction of sp³-hybridized carbons (Fsp3) is 0.118. The van der Waals surface area contributed by atoms with Crippen LogP contribution in [0.15, 0.2) is 53.0 Å². The average molecular weight is 341 g/mol. The van der Waals surface area contributed by atoms with E-state index in [0.717, 1.165) is 37.3 Å². The lowest BCUT2D eigenvalue weighted by molar-refractivity contribution is 0.142. The predicted molar refractivity (Wildman–Crippen MR) is 89.6 cm³/mol. The largest absolute Gasteiger partial charge is 0.413 e. The van der Waals surface area contributed by atoms with Gasteiger partial charge in [-0.25, -0.2) is 4.98 Å². The summed E-state index contributed by atoms with van der Waals surface area (Å²) in [5, 5.41) is 2.20. The van der Waals surface area contributed by atoms with Crippen LogP contribution in [0.5, 0.6) is 0 Å². The zero-order chi connectivity index (χ0) is 14.4. The van der Waals surface area contributed by atoms with E-state index in [9.17, 15) is 0 Å². The van der Waals surface area contributed by atoms with Gasteiger partial charge in [0.2, 0.25) is 0 Å². The van der Waals surface area contributed by atoms with Gasteiger partial charge >= 0.3 is 0 Å².